The average molecular weight is 489 g/mol. The van der Waals surface area contributed by atoms with Gasteiger partial charge in [0.05, 0.1) is 41.3 Å². The molecule has 0 atom stereocenters. The summed E-state index contributed by atoms with van der Waals surface area (Å²) in [6, 6.07) is 16.8. The molecular formula is C25H19N3O8. The van der Waals surface area contributed by atoms with Crippen molar-refractivity contribution in [3.63, 3.8) is 0 Å². The monoisotopic (exact) mass is 489 g/mol. The summed E-state index contributed by atoms with van der Waals surface area (Å²) in [5.74, 6) is -2.49. The lowest BCUT2D eigenvalue weighted by Gasteiger charge is -2.13. The van der Waals surface area contributed by atoms with E-state index in [4.69, 9.17) is 9.47 Å². The lowest BCUT2D eigenvalue weighted by molar-refractivity contribution is -0.384. The van der Waals surface area contributed by atoms with Gasteiger partial charge in [0, 0.05) is 0 Å². The van der Waals surface area contributed by atoms with E-state index in [2.05, 4.69) is 5.32 Å². The largest absolute Gasteiger partial charge is 0.496 e. The summed E-state index contributed by atoms with van der Waals surface area (Å²) < 4.78 is 9.94. The molecule has 0 saturated carbocycles. The Labute approximate surface area is 204 Å². The van der Waals surface area contributed by atoms with Crippen molar-refractivity contribution >= 4 is 35.1 Å². The summed E-state index contributed by atoms with van der Waals surface area (Å²) in [7, 11) is 1.35. The van der Waals surface area contributed by atoms with Gasteiger partial charge in [-0.3, -0.25) is 29.4 Å². The number of fused-ring (bicyclic) bond motifs is 1. The molecule has 1 aliphatic heterocycles. The Bertz CT molecular complexity index is 1390. The van der Waals surface area contributed by atoms with Gasteiger partial charge in [-0.05, 0) is 35.9 Å². The maximum Gasteiger partial charge on any atom is 0.338 e. The number of nitrogens with one attached hydrogen (secondary N) is 1. The van der Waals surface area contributed by atoms with Crippen LogP contribution in [-0.2, 0) is 16.1 Å². The third kappa shape index (κ3) is 4.89. The zero-order chi connectivity index (χ0) is 25.8. The lowest BCUT2D eigenvalue weighted by Crippen LogP contribution is -2.29. The molecule has 3 amide bonds. The van der Waals surface area contributed by atoms with Gasteiger partial charge in [0.1, 0.15) is 11.4 Å². The number of hydrogen-bond acceptors (Lipinski definition) is 8. The molecule has 1 heterocycles. The van der Waals surface area contributed by atoms with Crippen LogP contribution in [0.15, 0.2) is 66.7 Å². The fraction of sp³-hybridized carbons (Fsp3) is 0.120. The quantitative estimate of drug-likeness (QED) is 0.220. The van der Waals surface area contributed by atoms with Crippen LogP contribution in [0.3, 0.4) is 0 Å². The van der Waals surface area contributed by atoms with Gasteiger partial charge in [0.2, 0.25) is 0 Å². The van der Waals surface area contributed by atoms with Crippen LogP contribution < -0.4 is 10.1 Å². The molecule has 4 rings (SSSR count). The normalized spacial score (nSPS) is 12.2. The van der Waals surface area contributed by atoms with E-state index in [1.165, 1.54) is 37.4 Å². The Balaban J connectivity index is 1.41. The number of nitro benzene ring substituents is 1. The molecule has 0 bridgehead atoms. The number of hydrogen-bond donors (Lipinski definition) is 1. The van der Waals surface area contributed by atoms with Gasteiger partial charge in [0.25, 0.3) is 23.4 Å². The summed E-state index contributed by atoms with van der Waals surface area (Å²) >= 11 is 0. The average Bonchev–Trinajstić information content (AvgIpc) is 3.12. The van der Waals surface area contributed by atoms with Gasteiger partial charge < -0.3 is 14.8 Å². The third-order valence-electron chi connectivity index (χ3n) is 5.40. The number of carbonyl (C=O) groups is 4. The van der Waals surface area contributed by atoms with Gasteiger partial charge in [0.15, 0.2) is 6.61 Å². The van der Waals surface area contributed by atoms with E-state index in [-0.39, 0.29) is 34.7 Å². The topological polar surface area (TPSA) is 145 Å². The minimum absolute atomic E-state index is 0.0281. The van der Waals surface area contributed by atoms with Gasteiger partial charge in [-0.25, -0.2) is 4.79 Å². The van der Waals surface area contributed by atoms with Crippen molar-refractivity contribution in [2.45, 2.75) is 6.54 Å². The van der Waals surface area contributed by atoms with Crippen LogP contribution in [-0.4, -0.2) is 47.2 Å². The summed E-state index contributed by atoms with van der Waals surface area (Å²) in [6.07, 6.45) is 0. The highest BCUT2D eigenvalue weighted by molar-refractivity contribution is 6.21. The summed E-state index contributed by atoms with van der Waals surface area (Å²) in [6.45, 7) is -0.642. The zero-order valence-corrected chi connectivity index (χ0v) is 18.9. The Hall–Kier alpha value is -5.06. The van der Waals surface area contributed by atoms with Crippen LogP contribution >= 0.6 is 0 Å². The van der Waals surface area contributed by atoms with Crippen molar-refractivity contribution in [2.75, 3.05) is 19.0 Å². The van der Waals surface area contributed by atoms with E-state index >= 15 is 0 Å². The van der Waals surface area contributed by atoms with Crippen LogP contribution in [0.4, 0.5) is 11.4 Å². The first kappa shape index (κ1) is 24.1. The second-order valence-electron chi connectivity index (χ2n) is 7.71. The van der Waals surface area contributed by atoms with Crippen molar-refractivity contribution in [3.8, 4) is 5.75 Å². The Morgan fingerprint density at radius 3 is 2.39 bits per heavy atom. The number of ether oxygens (including phenoxy) is 2. The molecule has 0 fully saturated rings. The van der Waals surface area contributed by atoms with E-state index in [1.807, 2.05) is 6.07 Å². The van der Waals surface area contributed by atoms with Gasteiger partial charge in [-0.15, -0.1) is 0 Å². The molecule has 1 aliphatic rings. The number of nitro groups is 1. The van der Waals surface area contributed by atoms with E-state index in [9.17, 15) is 29.3 Å². The second kappa shape index (κ2) is 10.1. The van der Waals surface area contributed by atoms with Crippen molar-refractivity contribution in [1.29, 1.82) is 0 Å². The van der Waals surface area contributed by atoms with Crippen LogP contribution in [0.1, 0.15) is 36.6 Å². The number of anilines is 1. The predicted molar refractivity (Wildman–Crippen MR) is 126 cm³/mol. The van der Waals surface area contributed by atoms with Gasteiger partial charge in [-0.2, -0.15) is 0 Å². The number of benzene rings is 3. The first-order valence-electron chi connectivity index (χ1n) is 10.6. The first-order valence-corrected chi connectivity index (χ1v) is 10.6. The Morgan fingerprint density at radius 1 is 0.972 bits per heavy atom. The lowest BCUT2D eigenvalue weighted by atomic mass is 10.1. The van der Waals surface area contributed by atoms with Crippen LogP contribution in [0, 0.1) is 10.1 Å². The summed E-state index contributed by atoms with van der Waals surface area (Å²) in [5, 5.41) is 13.6. The maximum absolute atomic E-state index is 12.8. The molecule has 0 radical (unpaired) electrons. The molecule has 0 unspecified atom stereocenters. The smallest absolute Gasteiger partial charge is 0.338 e. The molecule has 11 heteroatoms. The second-order valence-corrected chi connectivity index (χ2v) is 7.71. The molecule has 3 aromatic rings. The molecular weight excluding hydrogens is 470 g/mol. The number of methoxy groups -OCH3 is 1. The highest BCUT2D eigenvalue weighted by atomic mass is 16.6. The molecule has 1 N–H and O–H groups in total. The van der Waals surface area contributed by atoms with Crippen LogP contribution in [0.5, 0.6) is 5.75 Å². The third-order valence-corrected chi connectivity index (χ3v) is 5.40. The van der Waals surface area contributed by atoms with E-state index in [0.29, 0.717) is 0 Å². The predicted octanol–water partition coefficient (Wildman–Crippen LogP) is 3.20. The zero-order valence-electron chi connectivity index (χ0n) is 18.9. The number of esters is 1. The number of imide groups is 1. The molecule has 3 aromatic carbocycles. The first-order chi connectivity index (χ1) is 17.3. The van der Waals surface area contributed by atoms with Gasteiger partial charge >= 0.3 is 5.97 Å². The minimum atomic E-state index is -0.904. The molecule has 36 heavy (non-hydrogen) atoms. The van der Waals surface area contributed by atoms with Crippen LogP contribution in [0.2, 0.25) is 0 Å². The molecule has 0 saturated heterocycles. The number of rotatable bonds is 8. The summed E-state index contributed by atoms with van der Waals surface area (Å²) in [4.78, 5) is 61.9. The number of carbonyl (C=O) groups excluding carboxylic acids is 4. The summed E-state index contributed by atoms with van der Waals surface area (Å²) in [5.41, 5.74) is 0.480. The highest BCUT2D eigenvalue weighted by Crippen LogP contribution is 2.29. The Morgan fingerprint density at radius 2 is 1.69 bits per heavy atom. The van der Waals surface area contributed by atoms with Crippen molar-refractivity contribution in [2.24, 2.45) is 0 Å². The van der Waals surface area contributed by atoms with Crippen molar-refractivity contribution in [1.82, 2.24) is 4.90 Å². The molecule has 0 spiro atoms. The molecule has 182 valence electrons. The van der Waals surface area contributed by atoms with Crippen LogP contribution in [0.25, 0.3) is 0 Å². The molecule has 0 aromatic heterocycles. The van der Waals surface area contributed by atoms with E-state index < -0.39 is 40.9 Å². The van der Waals surface area contributed by atoms with E-state index in [0.717, 1.165) is 16.5 Å². The molecule has 11 nitrogen and oxygen atoms in total. The minimum Gasteiger partial charge on any atom is -0.496 e. The fourth-order valence-electron chi connectivity index (χ4n) is 3.62. The highest BCUT2D eigenvalue weighted by Gasteiger charge is 2.36. The fourth-order valence-corrected chi connectivity index (χ4v) is 3.62. The van der Waals surface area contributed by atoms with E-state index in [1.54, 1.807) is 24.3 Å². The van der Waals surface area contributed by atoms with Crippen molar-refractivity contribution in [3.05, 3.63) is 99.1 Å². The molecule has 0 aliphatic carbocycles. The number of amides is 3. The Kier molecular flexibility index (Phi) is 6.72. The number of nitrogens with zero attached hydrogens (tertiary/aromatic N) is 2. The SMILES string of the molecule is COc1ccc(NC(=O)COC(=O)c2ccc3c(c2)C(=O)N(Cc2ccccc2)C3=O)c([N+](=O)[O-])c1. The maximum atomic E-state index is 12.8. The van der Waals surface area contributed by atoms with Crippen molar-refractivity contribution < 1.29 is 33.6 Å². The standard InChI is InChI=1S/C25H19N3O8/c1-35-17-8-10-20(21(12-17)28(33)34)26-22(29)14-36-25(32)16-7-9-18-19(11-16)24(31)27(23(18)30)13-15-5-3-2-4-6-15/h2-12H,13-14H2,1H3,(H,26,29). The van der Waals surface area contributed by atoms with Gasteiger partial charge in [-0.1, -0.05) is 30.3 Å².